The van der Waals surface area contributed by atoms with Gasteiger partial charge in [-0.2, -0.15) is 0 Å². The third-order valence-corrected chi connectivity index (χ3v) is 6.37. The number of imide groups is 1. The van der Waals surface area contributed by atoms with Crippen molar-refractivity contribution in [2.24, 2.45) is 5.92 Å². The van der Waals surface area contributed by atoms with Crippen LogP contribution < -0.4 is 10.6 Å². The molecule has 2 aromatic rings. The summed E-state index contributed by atoms with van der Waals surface area (Å²) in [6.45, 7) is 0.799. The first-order chi connectivity index (χ1) is 14.5. The fourth-order valence-electron chi connectivity index (χ4n) is 4.53. The van der Waals surface area contributed by atoms with Crippen LogP contribution in [0.3, 0.4) is 0 Å². The Kier molecular flexibility index (Phi) is 6.27. The Balaban J connectivity index is 1.21. The van der Waals surface area contributed by atoms with Crippen molar-refractivity contribution in [3.8, 4) is 0 Å². The fourth-order valence-corrected chi connectivity index (χ4v) is 4.70. The number of carbonyl (C=O) groups is 3. The number of carbonyl (C=O) groups excluding carboxylic acids is 3. The van der Waals surface area contributed by atoms with Crippen molar-refractivity contribution in [2.75, 3.05) is 13.1 Å². The number of amides is 4. The van der Waals surface area contributed by atoms with Gasteiger partial charge in [0.1, 0.15) is 0 Å². The maximum atomic E-state index is 12.6. The number of nitrogens with zero attached hydrogens (tertiary/aromatic N) is 1. The zero-order chi connectivity index (χ0) is 21.1. The largest absolute Gasteiger partial charge is 0.361 e. The SMILES string of the molecule is O=C(CCCN1C(=O)NC2CCCCC2C1=O)NCCc1c[nH]c2ccc(Cl)cc12. The summed E-state index contributed by atoms with van der Waals surface area (Å²) in [6.07, 6.45) is 7.17. The molecule has 1 aromatic carbocycles. The van der Waals surface area contributed by atoms with E-state index >= 15 is 0 Å². The monoisotopic (exact) mass is 430 g/mol. The Morgan fingerprint density at radius 1 is 1.23 bits per heavy atom. The van der Waals surface area contributed by atoms with Crippen molar-refractivity contribution in [1.29, 1.82) is 0 Å². The van der Waals surface area contributed by atoms with Gasteiger partial charge in [0.2, 0.25) is 11.8 Å². The highest BCUT2D eigenvalue weighted by Gasteiger charge is 2.41. The number of hydrogen-bond donors (Lipinski definition) is 3. The van der Waals surface area contributed by atoms with E-state index in [0.717, 1.165) is 42.1 Å². The molecule has 4 rings (SSSR count). The average Bonchev–Trinajstić information content (AvgIpc) is 3.12. The summed E-state index contributed by atoms with van der Waals surface area (Å²) in [5, 5.41) is 7.62. The van der Waals surface area contributed by atoms with Gasteiger partial charge in [0.05, 0.1) is 5.92 Å². The molecule has 2 fully saturated rings. The molecule has 8 heteroatoms. The highest BCUT2D eigenvalue weighted by Crippen LogP contribution is 2.29. The van der Waals surface area contributed by atoms with Crippen molar-refractivity contribution in [3.63, 3.8) is 0 Å². The number of fused-ring (bicyclic) bond motifs is 2. The third-order valence-electron chi connectivity index (χ3n) is 6.13. The number of nitrogens with one attached hydrogen (secondary N) is 3. The van der Waals surface area contributed by atoms with Gasteiger partial charge in [-0.3, -0.25) is 14.5 Å². The second kappa shape index (κ2) is 9.08. The minimum atomic E-state index is -0.318. The van der Waals surface area contributed by atoms with E-state index < -0.39 is 0 Å². The molecule has 3 N–H and O–H groups in total. The first kappa shape index (κ1) is 20.7. The molecular formula is C22H27ClN4O3. The van der Waals surface area contributed by atoms with Crippen molar-refractivity contribution in [2.45, 2.75) is 51.0 Å². The lowest BCUT2D eigenvalue weighted by Crippen LogP contribution is -2.60. The molecule has 2 aliphatic rings. The maximum Gasteiger partial charge on any atom is 0.324 e. The molecule has 1 saturated carbocycles. The van der Waals surface area contributed by atoms with Crippen LogP contribution in [0.5, 0.6) is 0 Å². The van der Waals surface area contributed by atoms with Crippen molar-refractivity contribution >= 4 is 40.3 Å². The predicted molar refractivity (Wildman–Crippen MR) is 115 cm³/mol. The normalized spacial score (nSPS) is 21.4. The van der Waals surface area contributed by atoms with Crippen LogP contribution in [0.15, 0.2) is 24.4 Å². The number of aromatic nitrogens is 1. The number of halogens is 1. The molecule has 4 amide bonds. The zero-order valence-electron chi connectivity index (χ0n) is 16.9. The van der Waals surface area contributed by atoms with E-state index in [1.807, 2.05) is 24.4 Å². The van der Waals surface area contributed by atoms with Gasteiger partial charge in [0, 0.05) is 47.7 Å². The molecule has 0 radical (unpaired) electrons. The van der Waals surface area contributed by atoms with Crippen LogP contribution in [0.1, 0.15) is 44.1 Å². The molecule has 1 aromatic heterocycles. The molecule has 0 bridgehead atoms. The Hall–Kier alpha value is -2.54. The fraction of sp³-hybridized carbons (Fsp3) is 0.500. The molecule has 1 aliphatic heterocycles. The van der Waals surface area contributed by atoms with E-state index in [9.17, 15) is 14.4 Å². The van der Waals surface area contributed by atoms with Gasteiger partial charge in [-0.1, -0.05) is 24.4 Å². The zero-order valence-corrected chi connectivity index (χ0v) is 17.6. The molecule has 0 spiro atoms. The molecule has 1 aliphatic carbocycles. The third kappa shape index (κ3) is 4.46. The minimum absolute atomic E-state index is 0.0160. The summed E-state index contributed by atoms with van der Waals surface area (Å²) >= 11 is 6.07. The van der Waals surface area contributed by atoms with E-state index in [0.29, 0.717) is 24.4 Å². The molecular weight excluding hydrogens is 404 g/mol. The number of hydrogen-bond acceptors (Lipinski definition) is 3. The van der Waals surface area contributed by atoms with Crippen LogP contribution in [-0.4, -0.2) is 46.9 Å². The van der Waals surface area contributed by atoms with Gasteiger partial charge in [-0.05, 0) is 49.4 Å². The number of aromatic amines is 1. The van der Waals surface area contributed by atoms with Crippen LogP contribution >= 0.6 is 11.6 Å². The molecule has 160 valence electrons. The first-order valence-corrected chi connectivity index (χ1v) is 11.0. The standard InChI is InChI=1S/C22H27ClN4O3/c23-15-7-8-18-17(12-15)14(13-25-18)9-10-24-20(28)6-3-11-27-21(29)16-4-1-2-5-19(16)26-22(27)30/h7-8,12-13,16,19,25H,1-6,9-11H2,(H,24,28)(H,26,30). The van der Waals surface area contributed by atoms with Crippen LogP contribution in [0.2, 0.25) is 5.02 Å². The van der Waals surface area contributed by atoms with E-state index in [1.165, 1.54) is 4.90 Å². The van der Waals surface area contributed by atoms with E-state index in [4.69, 9.17) is 11.6 Å². The molecule has 2 atom stereocenters. The Labute approximate surface area is 180 Å². The summed E-state index contributed by atoms with van der Waals surface area (Å²) in [7, 11) is 0. The number of benzene rings is 1. The Morgan fingerprint density at radius 3 is 2.93 bits per heavy atom. The van der Waals surface area contributed by atoms with Gasteiger partial charge in [0.15, 0.2) is 0 Å². The van der Waals surface area contributed by atoms with Crippen molar-refractivity contribution in [3.05, 3.63) is 35.0 Å². The van der Waals surface area contributed by atoms with Crippen LogP contribution in [0.25, 0.3) is 10.9 Å². The second-order valence-electron chi connectivity index (χ2n) is 8.14. The van der Waals surface area contributed by atoms with Gasteiger partial charge >= 0.3 is 6.03 Å². The van der Waals surface area contributed by atoms with E-state index in [1.54, 1.807) is 0 Å². The highest BCUT2D eigenvalue weighted by atomic mass is 35.5. The molecule has 2 heterocycles. The lowest BCUT2D eigenvalue weighted by molar-refractivity contribution is -0.136. The molecule has 2 unspecified atom stereocenters. The summed E-state index contributed by atoms with van der Waals surface area (Å²) in [6, 6.07) is 5.36. The Bertz CT molecular complexity index is 957. The topological polar surface area (TPSA) is 94.3 Å². The predicted octanol–water partition coefficient (Wildman–Crippen LogP) is 3.37. The average molecular weight is 431 g/mol. The highest BCUT2D eigenvalue weighted by molar-refractivity contribution is 6.31. The summed E-state index contributed by atoms with van der Waals surface area (Å²) in [5.41, 5.74) is 2.12. The van der Waals surface area contributed by atoms with Crippen molar-refractivity contribution in [1.82, 2.24) is 20.5 Å². The van der Waals surface area contributed by atoms with E-state index in [2.05, 4.69) is 15.6 Å². The van der Waals surface area contributed by atoms with Crippen LogP contribution in [0, 0.1) is 5.92 Å². The number of rotatable bonds is 7. The molecule has 30 heavy (non-hydrogen) atoms. The summed E-state index contributed by atoms with van der Waals surface area (Å²) < 4.78 is 0. The van der Waals surface area contributed by atoms with Crippen molar-refractivity contribution < 1.29 is 14.4 Å². The quantitative estimate of drug-likeness (QED) is 0.628. The summed E-state index contributed by atoms with van der Waals surface area (Å²) in [5.74, 6) is -0.259. The van der Waals surface area contributed by atoms with Gasteiger partial charge in [-0.15, -0.1) is 0 Å². The lowest BCUT2D eigenvalue weighted by Gasteiger charge is -2.39. The Morgan fingerprint density at radius 2 is 2.07 bits per heavy atom. The lowest BCUT2D eigenvalue weighted by atomic mass is 9.82. The smallest absolute Gasteiger partial charge is 0.324 e. The van der Waals surface area contributed by atoms with Crippen LogP contribution in [-0.2, 0) is 16.0 Å². The van der Waals surface area contributed by atoms with Gasteiger partial charge in [-0.25, -0.2) is 4.79 Å². The summed E-state index contributed by atoms with van der Waals surface area (Å²) in [4.78, 5) is 41.6. The number of urea groups is 1. The van der Waals surface area contributed by atoms with Crippen LogP contribution in [0.4, 0.5) is 4.79 Å². The molecule has 1 saturated heterocycles. The number of H-pyrrole nitrogens is 1. The minimum Gasteiger partial charge on any atom is -0.361 e. The second-order valence-corrected chi connectivity index (χ2v) is 8.58. The molecule has 7 nitrogen and oxygen atoms in total. The van der Waals surface area contributed by atoms with E-state index in [-0.39, 0.29) is 42.8 Å². The van der Waals surface area contributed by atoms with Gasteiger partial charge in [0.25, 0.3) is 0 Å². The van der Waals surface area contributed by atoms with Gasteiger partial charge < -0.3 is 15.6 Å². The first-order valence-electron chi connectivity index (χ1n) is 10.7. The maximum absolute atomic E-state index is 12.6.